The van der Waals surface area contributed by atoms with Crippen LogP contribution in [-0.4, -0.2) is 11.1 Å². The van der Waals surface area contributed by atoms with Crippen LogP contribution in [0.1, 0.15) is 18.9 Å². The highest BCUT2D eigenvalue weighted by atomic mass is 16.4. The molecule has 0 fully saturated rings. The number of carboxylic acid groups (broad SMARTS) is 1. The lowest BCUT2D eigenvalue weighted by molar-refractivity contribution is -0.132. The molecule has 1 aromatic carbocycles. The molecule has 0 bridgehead atoms. The molecule has 0 aliphatic heterocycles. The lowest BCUT2D eigenvalue weighted by atomic mass is 10.2. The average molecular weight is 258 g/mol. The molecule has 102 valence electrons. The highest BCUT2D eigenvalue weighted by Gasteiger charge is 1.96. The van der Waals surface area contributed by atoms with Gasteiger partial charge in [-0.1, -0.05) is 81.8 Å². The maximum Gasteiger partial charge on any atom is 0.330 e. The third-order valence-corrected chi connectivity index (χ3v) is 1.93. The SMILES string of the molecule is C=C(CC)C(=O)O.C=CC=C.C=Cc1ccccc1. The molecule has 0 saturated carbocycles. The minimum atomic E-state index is -0.900. The van der Waals surface area contributed by atoms with Gasteiger partial charge in [-0.25, -0.2) is 4.79 Å². The van der Waals surface area contributed by atoms with E-state index in [1.807, 2.05) is 36.4 Å². The molecule has 19 heavy (non-hydrogen) atoms. The Morgan fingerprint density at radius 3 is 1.79 bits per heavy atom. The van der Waals surface area contributed by atoms with Gasteiger partial charge in [0.1, 0.15) is 0 Å². The van der Waals surface area contributed by atoms with E-state index >= 15 is 0 Å². The molecule has 1 N–H and O–H groups in total. The average Bonchev–Trinajstić information content (AvgIpc) is 2.48. The van der Waals surface area contributed by atoms with Crippen LogP contribution in [0, 0.1) is 0 Å². The van der Waals surface area contributed by atoms with Gasteiger partial charge in [-0.05, 0) is 12.0 Å². The molecule has 0 aromatic heterocycles. The zero-order chi connectivity index (χ0) is 15.1. The van der Waals surface area contributed by atoms with Gasteiger partial charge in [-0.15, -0.1) is 0 Å². The predicted octanol–water partition coefficient (Wildman–Crippen LogP) is 4.73. The van der Waals surface area contributed by atoms with E-state index in [2.05, 4.69) is 26.3 Å². The summed E-state index contributed by atoms with van der Waals surface area (Å²) >= 11 is 0. The van der Waals surface area contributed by atoms with Crippen LogP contribution < -0.4 is 0 Å². The number of carboxylic acids is 1. The van der Waals surface area contributed by atoms with Crippen LogP contribution >= 0.6 is 0 Å². The van der Waals surface area contributed by atoms with Gasteiger partial charge in [0.15, 0.2) is 0 Å². The monoisotopic (exact) mass is 258 g/mol. The number of carbonyl (C=O) groups is 1. The van der Waals surface area contributed by atoms with E-state index in [0.717, 1.165) is 0 Å². The predicted molar refractivity (Wildman–Crippen MR) is 84.0 cm³/mol. The second-order valence-electron chi connectivity index (χ2n) is 3.35. The zero-order valence-corrected chi connectivity index (χ0v) is 11.5. The molecular weight excluding hydrogens is 236 g/mol. The van der Waals surface area contributed by atoms with Gasteiger partial charge in [-0.2, -0.15) is 0 Å². The Hall–Kier alpha value is -2.35. The Morgan fingerprint density at radius 1 is 1.16 bits per heavy atom. The molecule has 0 aliphatic carbocycles. The van der Waals surface area contributed by atoms with Crippen molar-refractivity contribution in [3.05, 3.63) is 79.9 Å². The Morgan fingerprint density at radius 2 is 1.63 bits per heavy atom. The maximum atomic E-state index is 9.83. The molecule has 0 atom stereocenters. The first-order valence-corrected chi connectivity index (χ1v) is 5.85. The van der Waals surface area contributed by atoms with Gasteiger partial charge >= 0.3 is 5.97 Å². The Labute approximate surface area is 116 Å². The molecule has 0 saturated heterocycles. The largest absolute Gasteiger partial charge is 0.478 e. The van der Waals surface area contributed by atoms with E-state index in [4.69, 9.17) is 5.11 Å². The summed E-state index contributed by atoms with van der Waals surface area (Å²) in [6.07, 6.45) is 5.63. The van der Waals surface area contributed by atoms with Crippen LogP contribution in [0.2, 0.25) is 0 Å². The fourth-order valence-corrected chi connectivity index (χ4v) is 0.740. The van der Waals surface area contributed by atoms with Gasteiger partial charge in [0.2, 0.25) is 0 Å². The van der Waals surface area contributed by atoms with Crippen LogP contribution in [0.5, 0.6) is 0 Å². The third-order valence-electron chi connectivity index (χ3n) is 1.93. The summed E-state index contributed by atoms with van der Waals surface area (Å²) in [6, 6.07) is 10.0. The van der Waals surface area contributed by atoms with Gasteiger partial charge in [0.25, 0.3) is 0 Å². The van der Waals surface area contributed by atoms with Gasteiger partial charge in [0, 0.05) is 5.57 Å². The second-order valence-corrected chi connectivity index (χ2v) is 3.35. The first-order chi connectivity index (χ1) is 9.03. The number of allylic oxidation sites excluding steroid dienone is 2. The number of hydrogen-bond acceptors (Lipinski definition) is 1. The Balaban J connectivity index is 0. The molecule has 0 amide bonds. The standard InChI is InChI=1S/C8H8.C5H8O2.C4H6/c1-2-8-6-4-3-5-7-8;1-3-4(2)5(6)7;1-3-4-2/h2-7H,1H2;2-3H2,1H3,(H,6,7);3-4H,1-2H2. The van der Waals surface area contributed by atoms with E-state index in [9.17, 15) is 4.79 Å². The topological polar surface area (TPSA) is 37.3 Å². The van der Waals surface area contributed by atoms with Crippen LogP contribution in [0.15, 0.2) is 74.4 Å². The van der Waals surface area contributed by atoms with Crippen molar-refractivity contribution < 1.29 is 9.90 Å². The van der Waals surface area contributed by atoms with Crippen molar-refractivity contribution in [1.29, 1.82) is 0 Å². The lowest BCUT2D eigenvalue weighted by Gasteiger charge is -1.87. The number of benzene rings is 1. The van der Waals surface area contributed by atoms with Crippen LogP contribution in [-0.2, 0) is 4.79 Å². The van der Waals surface area contributed by atoms with Gasteiger partial charge < -0.3 is 5.11 Å². The smallest absolute Gasteiger partial charge is 0.330 e. The molecule has 0 aliphatic rings. The van der Waals surface area contributed by atoms with Crippen molar-refractivity contribution >= 4 is 12.0 Å². The van der Waals surface area contributed by atoms with Crippen molar-refractivity contribution in [2.75, 3.05) is 0 Å². The zero-order valence-electron chi connectivity index (χ0n) is 11.5. The fourth-order valence-electron chi connectivity index (χ4n) is 0.740. The molecule has 1 aromatic rings. The number of aliphatic carboxylic acids is 1. The van der Waals surface area contributed by atoms with Crippen LogP contribution in [0.4, 0.5) is 0 Å². The molecule has 0 radical (unpaired) electrons. The minimum Gasteiger partial charge on any atom is -0.478 e. The van der Waals surface area contributed by atoms with Crippen LogP contribution in [0.3, 0.4) is 0 Å². The summed E-state index contributed by atoms with van der Waals surface area (Å²) in [6.45, 7) is 15.4. The normalized spacial score (nSPS) is 7.63. The maximum absolute atomic E-state index is 9.83. The molecule has 2 heteroatoms. The molecule has 1 rings (SSSR count). The van der Waals surface area contributed by atoms with Crippen LogP contribution in [0.25, 0.3) is 6.08 Å². The lowest BCUT2D eigenvalue weighted by Crippen LogP contribution is -1.95. The summed E-state index contributed by atoms with van der Waals surface area (Å²) < 4.78 is 0. The molecule has 0 spiro atoms. The highest BCUT2D eigenvalue weighted by Crippen LogP contribution is 1.97. The van der Waals surface area contributed by atoms with Crippen molar-refractivity contribution in [2.45, 2.75) is 13.3 Å². The van der Waals surface area contributed by atoms with Crippen molar-refractivity contribution in [3.8, 4) is 0 Å². The molecular formula is C17H22O2. The van der Waals surface area contributed by atoms with E-state index in [0.29, 0.717) is 6.42 Å². The summed E-state index contributed by atoms with van der Waals surface area (Å²) in [5, 5.41) is 8.08. The van der Waals surface area contributed by atoms with Gasteiger partial charge in [-0.3, -0.25) is 0 Å². The highest BCUT2D eigenvalue weighted by molar-refractivity contribution is 5.85. The van der Waals surface area contributed by atoms with E-state index in [1.54, 1.807) is 19.1 Å². The molecule has 0 heterocycles. The van der Waals surface area contributed by atoms with Crippen molar-refractivity contribution in [1.82, 2.24) is 0 Å². The summed E-state index contributed by atoms with van der Waals surface area (Å²) in [4.78, 5) is 9.83. The third kappa shape index (κ3) is 13.6. The van der Waals surface area contributed by atoms with Crippen molar-refractivity contribution in [3.63, 3.8) is 0 Å². The first kappa shape index (κ1) is 19.0. The number of hydrogen-bond donors (Lipinski definition) is 1. The van der Waals surface area contributed by atoms with Gasteiger partial charge in [0.05, 0.1) is 0 Å². The van der Waals surface area contributed by atoms with E-state index in [-0.39, 0.29) is 5.57 Å². The van der Waals surface area contributed by atoms with E-state index in [1.165, 1.54) is 5.56 Å². The summed E-state index contributed by atoms with van der Waals surface area (Å²) in [5.41, 5.74) is 1.44. The first-order valence-electron chi connectivity index (χ1n) is 5.85. The fraction of sp³-hybridized carbons (Fsp3) is 0.118. The Bertz CT molecular complexity index is 397. The summed E-state index contributed by atoms with van der Waals surface area (Å²) in [7, 11) is 0. The number of rotatable bonds is 4. The minimum absolute atomic E-state index is 0.264. The second kappa shape index (κ2) is 13.7. The molecule has 2 nitrogen and oxygen atoms in total. The van der Waals surface area contributed by atoms with Crippen molar-refractivity contribution in [2.24, 2.45) is 0 Å². The molecule has 0 unspecified atom stereocenters. The quantitative estimate of drug-likeness (QED) is 0.626. The van der Waals surface area contributed by atoms with E-state index < -0.39 is 5.97 Å². The summed E-state index contributed by atoms with van der Waals surface area (Å²) in [5.74, 6) is -0.900. The Kier molecular flexibility index (Phi) is 13.7.